The molecule has 96 valence electrons. The predicted molar refractivity (Wildman–Crippen MR) is 75.1 cm³/mol. The number of hydrogen-bond donors (Lipinski definition) is 1. The SMILES string of the molecule is CCn1cc(C(NC)c2cc3c(s2)CCC3)cn1. The zero-order valence-electron chi connectivity index (χ0n) is 10.9. The fourth-order valence-electron chi connectivity index (χ4n) is 2.67. The highest BCUT2D eigenvalue weighted by atomic mass is 32.1. The summed E-state index contributed by atoms with van der Waals surface area (Å²) in [5.41, 5.74) is 2.83. The summed E-state index contributed by atoms with van der Waals surface area (Å²) in [5, 5.41) is 7.79. The Bertz CT molecular complexity index is 519. The lowest BCUT2D eigenvalue weighted by atomic mass is 10.1. The predicted octanol–water partition coefficient (Wildman–Crippen LogP) is 2.76. The maximum absolute atomic E-state index is 4.37. The van der Waals surface area contributed by atoms with Crippen molar-refractivity contribution in [1.29, 1.82) is 0 Å². The summed E-state index contributed by atoms with van der Waals surface area (Å²) < 4.78 is 1.99. The van der Waals surface area contributed by atoms with Gasteiger partial charge in [-0.2, -0.15) is 5.10 Å². The van der Waals surface area contributed by atoms with Crippen LogP contribution in [0, 0.1) is 0 Å². The average molecular weight is 261 g/mol. The number of nitrogens with zero attached hydrogens (tertiary/aromatic N) is 2. The number of fused-ring (bicyclic) bond motifs is 1. The largest absolute Gasteiger partial charge is 0.309 e. The first-order valence-corrected chi connectivity index (χ1v) is 7.44. The summed E-state index contributed by atoms with van der Waals surface area (Å²) in [6.45, 7) is 3.04. The molecular weight excluding hydrogens is 242 g/mol. The highest BCUT2D eigenvalue weighted by molar-refractivity contribution is 7.12. The Hall–Kier alpha value is -1.13. The molecule has 1 aliphatic carbocycles. The van der Waals surface area contributed by atoms with Crippen LogP contribution in [-0.4, -0.2) is 16.8 Å². The van der Waals surface area contributed by atoms with E-state index in [-0.39, 0.29) is 0 Å². The Kier molecular flexibility index (Phi) is 3.22. The molecule has 0 amide bonds. The van der Waals surface area contributed by atoms with Crippen molar-refractivity contribution in [3.8, 4) is 0 Å². The smallest absolute Gasteiger partial charge is 0.0699 e. The van der Waals surface area contributed by atoms with Crippen molar-refractivity contribution in [3.05, 3.63) is 39.3 Å². The molecule has 4 heteroatoms. The van der Waals surface area contributed by atoms with Crippen molar-refractivity contribution in [3.63, 3.8) is 0 Å². The van der Waals surface area contributed by atoms with Crippen LogP contribution in [-0.2, 0) is 19.4 Å². The van der Waals surface area contributed by atoms with Crippen molar-refractivity contribution in [2.75, 3.05) is 7.05 Å². The molecule has 0 bridgehead atoms. The first-order valence-electron chi connectivity index (χ1n) is 6.63. The van der Waals surface area contributed by atoms with Gasteiger partial charge in [0, 0.05) is 28.1 Å². The molecule has 1 atom stereocenters. The number of aromatic nitrogens is 2. The summed E-state index contributed by atoms with van der Waals surface area (Å²) in [4.78, 5) is 3.02. The van der Waals surface area contributed by atoms with Gasteiger partial charge in [-0.15, -0.1) is 11.3 Å². The van der Waals surface area contributed by atoms with Crippen LogP contribution in [0.1, 0.15) is 40.3 Å². The summed E-state index contributed by atoms with van der Waals surface area (Å²) in [5.74, 6) is 0. The quantitative estimate of drug-likeness (QED) is 0.917. The van der Waals surface area contributed by atoms with E-state index < -0.39 is 0 Å². The maximum atomic E-state index is 4.37. The van der Waals surface area contributed by atoms with Gasteiger partial charge in [-0.25, -0.2) is 0 Å². The average Bonchev–Trinajstić information content (AvgIpc) is 3.04. The summed E-state index contributed by atoms with van der Waals surface area (Å²) >= 11 is 1.97. The van der Waals surface area contributed by atoms with Crippen molar-refractivity contribution in [2.45, 2.75) is 38.8 Å². The van der Waals surface area contributed by atoms with Gasteiger partial charge in [0.2, 0.25) is 0 Å². The zero-order chi connectivity index (χ0) is 12.5. The molecule has 1 unspecified atom stereocenters. The zero-order valence-corrected chi connectivity index (χ0v) is 11.8. The molecule has 0 saturated heterocycles. The van der Waals surface area contributed by atoms with Crippen molar-refractivity contribution in [2.24, 2.45) is 0 Å². The third-order valence-corrected chi connectivity index (χ3v) is 4.95. The summed E-state index contributed by atoms with van der Waals surface area (Å²) in [7, 11) is 2.03. The molecule has 0 aromatic carbocycles. The van der Waals surface area contributed by atoms with Gasteiger partial charge in [-0.05, 0) is 44.9 Å². The van der Waals surface area contributed by atoms with Crippen LogP contribution in [0.15, 0.2) is 18.5 Å². The highest BCUT2D eigenvalue weighted by Crippen LogP contribution is 2.35. The Labute approximate surface area is 112 Å². The second-order valence-corrected chi connectivity index (χ2v) is 5.97. The first kappa shape index (κ1) is 11.9. The van der Waals surface area contributed by atoms with Crippen LogP contribution in [0.3, 0.4) is 0 Å². The molecule has 1 aliphatic rings. The van der Waals surface area contributed by atoms with E-state index in [1.54, 1.807) is 10.4 Å². The molecule has 3 rings (SSSR count). The molecule has 0 aliphatic heterocycles. The molecule has 0 saturated carbocycles. The van der Waals surface area contributed by atoms with Gasteiger partial charge < -0.3 is 5.32 Å². The van der Waals surface area contributed by atoms with Crippen molar-refractivity contribution < 1.29 is 0 Å². The van der Waals surface area contributed by atoms with Gasteiger partial charge >= 0.3 is 0 Å². The molecule has 0 radical (unpaired) electrons. The van der Waals surface area contributed by atoms with Crippen LogP contribution in [0.4, 0.5) is 0 Å². The Morgan fingerprint density at radius 1 is 1.50 bits per heavy atom. The van der Waals surface area contributed by atoms with Crippen molar-refractivity contribution >= 4 is 11.3 Å². The lowest BCUT2D eigenvalue weighted by Gasteiger charge is -2.12. The van der Waals surface area contributed by atoms with E-state index in [4.69, 9.17) is 0 Å². The van der Waals surface area contributed by atoms with Gasteiger partial charge in [0.05, 0.1) is 12.2 Å². The normalized spacial score (nSPS) is 15.9. The van der Waals surface area contributed by atoms with E-state index in [1.165, 1.54) is 29.7 Å². The maximum Gasteiger partial charge on any atom is 0.0699 e. The van der Waals surface area contributed by atoms with E-state index in [1.807, 2.05) is 29.3 Å². The van der Waals surface area contributed by atoms with Crippen LogP contribution in [0.25, 0.3) is 0 Å². The van der Waals surface area contributed by atoms with Crippen LogP contribution >= 0.6 is 11.3 Å². The topological polar surface area (TPSA) is 29.9 Å². The highest BCUT2D eigenvalue weighted by Gasteiger charge is 2.21. The van der Waals surface area contributed by atoms with Gasteiger partial charge in [-0.1, -0.05) is 0 Å². The molecule has 18 heavy (non-hydrogen) atoms. The number of thiophene rings is 1. The van der Waals surface area contributed by atoms with Crippen LogP contribution in [0.5, 0.6) is 0 Å². The second kappa shape index (κ2) is 4.86. The van der Waals surface area contributed by atoms with E-state index in [0.717, 1.165) is 6.54 Å². The second-order valence-electron chi connectivity index (χ2n) is 4.80. The van der Waals surface area contributed by atoms with Gasteiger partial charge in [0.25, 0.3) is 0 Å². The van der Waals surface area contributed by atoms with E-state index in [2.05, 4.69) is 29.6 Å². The lowest BCUT2D eigenvalue weighted by Crippen LogP contribution is -2.16. The summed E-state index contributed by atoms with van der Waals surface area (Å²) in [6, 6.07) is 2.68. The molecule has 2 aromatic heterocycles. The molecule has 0 spiro atoms. The lowest BCUT2D eigenvalue weighted by molar-refractivity contribution is 0.655. The van der Waals surface area contributed by atoms with Gasteiger partial charge in [0.1, 0.15) is 0 Å². The standard InChI is InChI=1S/C14H19N3S/c1-3-17-9-11(8-16-17)14(15-2)13-7-10-5-4-6-12(10)18-13/h7-9,14-15H,3-6H2,1-2H3. The fourth-order valence-corrected chi connectivity index (χ4v) is 4.07. The molecule has 1 N–H and O–H groups in total. The van der Waals surface area contributed by atoms with E-state index in [9.17, 15) is 0 Å². The van der Waals surface area contributed by atoms with Crippen LogP contribution < -0.4 is 5.32 Å². The minimum Gasteiger partial charge on any atom is -0.309 e. The molecule has 0 fully saturated rings. The minimum atomic E-state index is 0.292. The van der Waals surface area contributed by atoms with E-state index in [0.29, 0.717) is 6.04 Å². The fraction of sp³-hybridized carbons (Fsp3) is 0.500. The summed E-state index contributed by atoms with van der Waals surface area (Å²) in [6.07, 6.45) is 7.99. The monoisotopic (exact) mass is 261 g/mol. The number of rotatable bonds is 4. The third kappa shape index (κ3) is 1.99. The van der Waals surface area contributed by atoms with Gasteiger partial charge in [-0.3, -0.25) is 4.68 Å². The molecule has 2 heterocycles. The van der Waals surface area contributed by atoms with Gasteiger partial charge in [0.15, 0.2) is 0 Å². The number of aryl methyl sites for hydroxylation is 3. The number of hydrogen-bond acceptors (Lipinski definition) is 3. The molecular formula is C14H19N3S. The molecule has 2 aromatic rings. The number of nitrogens with one attached hydrogen (secondary N) is 1. The molecule has 3 nitrogen and oxygen atoms in total. The Morgan fingerprint density at radius 2 is 2.39 bits per heavy atom. The van der Waals surface area contributed by atoms with Crippen molar-refractivity contribution in [1.82, 2.24) is 15.1 Å². The first-order chi connectivity index (χ1) is 8.81. The Balaban J connectivity index is 1.91. The third-order valence-electron chi connectivity index (χ3n) is 3.65. The Morgan fingerprint density at radius 3 is 3.06 bits per heavy atom. The van der Waals surface area contributed by atoms with Crippen LogP contribution in [0.2, 0.25) is 0 Å². The van der Waals surface area contributed by atoms with E-state index >= 15 is 0 Å². The minimum absolute atomic E-state index is 0.292.